The van der Waals surface area contributed by atoms with Gasteiger partial charge in [-0.25, -0.2) is 4.39 Å². The lowest BCUT2D eigenvalue weighted by Gasteiger charge is -2.12. The number of pyridine rings is 1. The zero-order valence-corrected chi connectivity index (χ0v) is 18.6. The second-order valence-corrected chi connectivity index (χ2v) is 8.96. The van der Waals surface area contributed by atoms with Crippen LogP contribution in [0.4, 0.5) is 10.3 Å². The number of rotatable bonds is 6. The maximum atomic E-state index is 13.5. The van der Waals surface area contributed by atoms with E-state index >= 15 is 0 Å². The first-order chi connectivity index (χ1) is 15.3. The third-order valence-electron chi connectivity index (χ3n) is 4.53. The number of thioether (sulfide) groups is 1. The van der Waals surface area contributed by atoms with Crippen molar-refractivity contribution in [1.82, 2.24) is 24.9 Å². The van der Waals surface area contributed by atoms with Crippen molar-refractivity contribution in [3.05, 3.63) is 66.4 Å². The number of carbonyl (C=O) groups is 1. The molecule has 0 saturated carbocycles. The number of nitrogens with one attached hydrogen (secondary N) is 1. The lowest BCUT2D eigenvalue weighted by Crippen LogP contribution is -2.14. The summed E-state index contributed by atoms with van der Waals surface area (Å²) >= 11 is 1.21. The summed E-state index contributed by atoms with van der Waals surface area (Å²) in [5, 5.41) is 15.7. The van der Waals surface area contributed by atoms with Gasteiger partial charge in [-0.1, -0.05) is 37.7 Å². The number of anilines is 1. The fourth-order valence-corrected chi connectivity index (χ4v) is 3.62. The topological polar surface area (TPSA) is 98.7 Å². The Morgan fingerprint density at radius 2 is 1.84 bits per heavy atom. The van der Waals surface area contributed by atoms with Crippen molar-refractivity contribution >= 4 is 23.6 Å². The highest BCUT2D eigenvalue weighted by Gasteiger charge is 2.21. The molecular weight excluding hydrogens is 431 g/mol. The number of hydrogen-bond donors (Lipinski definition) is 1. The molecule has 0 radical (unpaired) electrons. The van der Waals surface area contributed by atoms with Crippen LogP contribution >= 0.6 is 11.8 Å². The van der Waals surface area contributed by atoms with Gasteiger partial charge in [0.15, 0.2) is 11.0 Å². The smallest absolute Gasteiger partial charge is 0.237 e. The van der Waals surface area contributed by atoms with Crippen LogP contribution in [0.1, 0.15) is 26.5 Å². The molecule has 1 amide bonds. The SMILES string of the molecule is CC(C)(C)c1cc(NC(=O)CSc2nnc(-c3ccncc3)n2-c2ccc(F)cc2)on1. The van der Waals surface area contributed by atoms with Crippen molar-refractivity contribution in [1.29, 1.82) is 0 Å². The Balaban J connectivity index is 1.54. The highest BCUT2D eigenvalue weighted by atomic mass is 32.2. The second kappa shape index (κ2) is 8.91. The molecule has 3 heterocycles. The van der Waals surface area contributed by atoms with Gasteiger partial charge in [0.05, 0.1) is 11.4 Å². The highest BCUT2D eigenvalue weighted by Crippen LogP contribution is 2.28. The van der Waals surface area contributed by atoms with Crippen LogP contribution in [0.3, 0.4) is 0 Å². The number of carbonyl (C=O) groups excluding carboxylic acids is 1. The van der Waals surface area contributed by atoms with Crippen LogP contribution in [0.15, 0.2) is 64.5 Å². The van der Waals surface area contributed by atoms with Crippen LogP contribution in [0, 0.1) is 5.82 Å². The van der Waals surface area contributed by atoms with Crippen molar-refractivity contribution in [3.8, 4) is 17.1 Å². The van der Waals surface area contributed by atoms with E-state index in [1.165, 1.54) is 23.9 Å². The summed E-state index contributed by atoms with van der Waals surface area (Å²) < 4.78 is 20.5. The van der Waals surface area contributed by atoms with Gasteiger partial charge in [-0.15, -0.1) is 10.2 Å². The molecule has 4 rings (SSSR count). The first-order valence-electron chi connectivity index (χ1n) is 9.83. The lowest BCUT2D eigenvalue weighted by atomic mass is 9.92. The first-order valence-corrected chi connectivity index (χ1v) is 10.8. The van der Waals surface area contributed by atoms with E-state index in [1.807, 2.05) is 32.9 Å². The number of amides is 1. The summed E-state index contributed by atoms with van der Waals surface area (Å²) in [6, 6.07) is 11.3. The van der Waals surface area contributed by atoms with Crippen LogP contribution in [0.5, 0.6) is 0 Å². The van der Waals surface area contributed by atoms with E-state index in [0.717, 1.165) is 11.3 Å². The van der Waals surface area contributed by atoms with Gasteiger partial charge in [0.25, 0.3) is 0 Å². The third kappa shape index (κ3) is 4.86. The van der Waals surface area contributed by atoms with Crippen molar-refractivity contribution in [2.45, 2.75) is 31.3 Å². The summed E-state index contributed by atoms with van der Waals surface area (Å²) in [5.41, 5.74) is 2.04. The van der Waals surface area contributed by atoms with E-state index in [-0.39, 0.29) is 28.8 Å². The standard InChI is InChI=1S/C22H21FN6O2S/c1-22(2,3)17-12-19(31-28-17)25-18(30)13-32-21-27-26-20(14-8-10-24-11-9-14)29(21)16-6-4-15(23)5-7-16/h4-12H,13H2,1-3H3,(H,25,30). The number of nitrogens with zero attached hydrogens (tertiary/aromatic N) is 5. The predicted octanol–water partition coefficient (Wildman–Crippen LogP) is 4.48. The average Bonchev–Trinajstić information content (AvgIpc) is 3.41. The molecule has 0 atom stereocenters. The van der Waals surface area contributed by atoms with E-state index in [4.69, 9.17) is 4.52 Å². The molecule has 0 aliphatic heterocycles. The van der Waals surface area contributed by atoms with Crippen LogP contribution in [0.25, 0.3) is 17.1 Å². The van der Waals surface area contributed by atoms with E-state index in [9.17, 15) is 9.18 Å². The Labute approximate surface area is 188 Å². The van der Waals surface area contributed by atoms with Gasteiger partial charge in [-0.05, 0) is 36.4 Å². The summed E-state index contributed by atoms with van der Waals surface area (Å²) in [5.74, 6) is 0.305. The van der Waals surface area contributed by atoms with Crippen LogP contribution in [-0.4, -0.2) is 36.6 Å². The Hall–Kier alpha value is -3.53. The monoisotopic (exact) mass is 452 g/mol. The molecule has 0 saturated heterocycles. The number of aromatic nitrogens is 5. The molecule has 0 aliphatic carbocycles. The van der Waals surface area contributed by atoms with E-state index < -0.39 is 0 Å². The minimum absolute atomic E-state index is 0.0707. The fraction of sp³-hybridized carbons (Fsp3) is 0.227. The Kier molecular flexibility index (Phi) is 6.04. The average molecular weight is 453 g/mol. The maximum Gasteiger partial charge on any atom is 0.237 e. The molecule has 0 aliphatic rings. The fourth-order valence-electron chi connectivity index (χ4n) is 2.87. The zero-order chi connectivity index (χ0) is 22.7. The van der Waals surface area contributed by atoms with Crippen molar-refractivity contribution in [2.75, 3.05) is 11.1 Å². The van der Waals surface area contributed by atoms with Crippen LogP contribution in [-0.2, 0) is 10.2 Å². The maximum absolute atomic E-state index is 13.5. The summed E-state index contributed by atoms with van der Waals surface area (Å²) in [6.07, 6.45) is 3.31. The van der Waals surface area contributed by atoms with Gasteiger partial charge < -0.3 is 4.52 Å². The minimum atomic E-state index is -0.345. The number of benzene rings is 1. The van der Waals surface area contributed by atoms with Crippen LogP contribution in [0.2, 0.25) is 0 Å². The first kappa shape index (κ1) is 21.7. The minimum Gasteiger partial charge on any atom is -0.338 e. The van der Waals surface area contributed by atoms with Gasteiger partial charge in [0.2, 0.25) is 11.8 Å². The molecule has 164 valence electrons. The zero-order valence-electron chi connectivity index (χ0n) is 17.7. The summed E-state index contributed by atoms with van der Waals surface area (Å²) in [4.78, 5) is 16.5. The normalized spacial score (nSPS) is 11.5. The molecule has 0 fully saturated rings. The molecule has 10 heteroatoms. The summed E-state index contributed by atoms with van der Waals surface area (Å²) in [7, 11) is 0. The molecule has 3 aromatic heterocycles. The molecular formula is C22H21FN6O2S. The van der Waals surface area contributed by atoms with Gasteiger partial charge in [-0.2, -0.15) is 0 Å². The Morgan fingerprint density at radius 3 is 2.50 bits per heavy atom. The quantitative estimate of drug-likeness (QED) is 0.431. The lowest BCUT2D eigenvalue weighted by molar-refractivity contribution is -0.113. The highest BCUT2D eigenvalue weighted by molar-refractivity contribution is 7.99. The van der Waals surface area contributed by atoms with Gasteiger partial charge in [-0.3, -0.25) is 19.7 Å². The van der Waals surface area contributed by atoms with E-state index in [2.05, 4.69) is 25.7 Å². The van der Waals surface area contributed by atoms with E-state index in [0.29, 0.717) is 16.7 Å². The molecule has 0 spiro atoms. The molecule has 0 unspecified atom stereocenters. The predicted molar refractivity (Wildman–Crippen MR) is 119 cm³/mol. The molecule has 1 aromatic carbocycles. The molecule has 8 nitrogen and oxygen atoms in total. The van der Waals surface area contributed by atoms with Crippen molar-refractivity contribution < 1.29 is 13.7 Å². The van der Waals surface area contributed by atoms with Crippen molar-refractivity contribution in [3.63, 3.8) is 0 Å². The van der Waals surface area contributed by atoms with E-state index in [1.54, 1.807) is 35.2 Å². The van der Waals surface area contributed by atoms with Crippen molar-refractivity contribution in [2.24, 2.45) is 0 Å². The Morgan fingerprint density at radius 1 is 1.12 bits per heavy atom. The van der Waals surface area contributed by atoms with Crippen LogP contribution < -0.4 is 5.32 Å². The number of halogens is 1. The Bertz CT molecular complexity index is 1220. The van der Waals surface area contributed by atoms with Gasteiger partial charge in [0.1, 0.15) is 5.82 Å². The van der Waals surface area contributed by atoms with Gasteiger partial charge in [0, 0.05) is 35.1 Å². The number of hydrogen-bond acceptors (Lipinski definition) is 7. The molecule has 32 heavy (non-hydrogen) atoms. The molecule has 0 bridgehead atoms. The largest absolute Gasteiger partial charge is 0.338 e. The molecule has 4 aromatic rings. The van der Waals surface area contributed by atoms with Gasteiger partial charge >= 0.3 is 0 Å². The molecule has 1 N–H and O–H groups in total. The third-order valence-corrected chi connectivity index (χ3v) is 5.46. The second-order valence-electron chi connectivity index (χ2n) is 8.02. The summed E-state index contributed by atoms with van der Waals surface area (Å²) in [6.45, 7) is 6.03.